The number of aromatic nitrogens is 6. The van der Waals surface area contributed by atoms with Crippen LogP contribution in [0.25, 0.3) is 112 Å². The molecule has 7 aromatic heterocycles. The first kappa shape index (κ1) is 102. The van der Waals surface area contributed by atoms with E-state index < -0.39 is 64.0 Å². The van der Waals surface area contributed by atoms with Crippen LogP contribution in [0.3, 0.4) is 0 Å². The molecule has 0 spiro atoms. The number of furan rings is 1. The summed E-state index contributed by atoms with van der Waals surface area (Å²) in [5.41, 5.74) is 21.0. The molecule has 143 heavy (non-hydrogen) atoms. The molecule has 3 radical (unpaired) electrons. The van der Waals surface area contributed by atoms with Crippen molar-refractivity contribution >= 4 is 115 Å². The second kappa shape index (κ2) is 56.9. The molecule has 0 fully saturated rings. The number of nitrogens with zero attached hydrogens (tertiary/aromatic N) is 6. The van der Waals surface area contributed by atoms with Gasteiger partial charge in [0, 0.05) is 84.3 Å². The molecule has 0 atom stereocenters. The van der Waals surface area contributed by atoms with Gasteiger partial charge in [-0.3, -0.25) is 0 Å². The average molecular weight is 2670 g/mol. The van der Waals surface area contributed by atoms with Gasteiger partial charge in [-0.25, -0.2) is 0 Å². The van der Waals surface area contributed by atoms with Gasteiger partial charge in [-0.2, -0.15) is 0 Å². The predicted octanol–water partition coefficient (Wildman–Crippen LogP) is 32.1. The Morgan fingerprint density at radius 2 is 0.615 bits per heavy atom. The van der Waals surface area contributed by atoms with Crippen molar-refractivity contribution in [1.29, 1.82) is 0 Å². The van der Waals surface area contributed by atoms with Crippen LogP contribution >= 0.6 is 0 Å². The standard InChI is InChI=1S/C24H28NSi.3C21H30GeN.C20H18NOSi.C20H20NSi.3Ir/c1-18(2)14-22-16-23(25-17-24(22)26(3,4)5)21-13-9-12-20(15-21)19-10-7-6-8-11-19;3*1-6-22(7-2,8-3)20-16-23-21(15-19(20)14-17(4)5)18-12-10-9-11-13-18;1-23(2,3)15-9-10-18(21-13-15)14-8-11-20-17(12-14)16-6-4-5-7-19(16)22-20;1-22(2,3)19-12-13-20(21-15-19)18-11-7-10-17(14-18)16-8-5-4-6-9-16;;;/h6-12,15-18H,14H2,1-5H3;3*9-12,15-17H,6-8,14H2,1-5H3;4-7,9-13H,1-3H3;4-10,12-15H,1-3H3;;;/q6*-1;;;/i;3*9D,10D,11D,12D;;;;;. The molecule has 16 aromatic rings. The molecule has 0 N–H and O–H groups in total. The number of rotatable bonds is 31. The number of hydrogen-bond donors (Lipinski definition) is 0. The minimum absolute atomic E-state index is 0. The summed E-state index contributed by atoms with van der Waals surface area (Å²) in [6.45, 7) is 59.8. The molecule has 16 heteroatoms. The van der Waals surface area contributed by atoms with Crippen LogP contribution in [0.2, 0.25) is 106 Å². The molecule has 0 bridgehead atoms. The first-order valence-electron chi connectivity index (χ1n) is 56.9. The van der Waals surface area contributed by atoms with Gasteiger partial charge in [-0.1, -0.05) is 193 Å². The fraction of sp³-hybridized carbons (Fsp3) is 0.339. The molecule has 9 aromatic carbocycles. The molecule has 7 nitrogen and oxygen atoms in total. The van der Waals surface area contributed by atoms with E-state index in [0.29, 0.717) is 57.4 Å². The summed E-state index contributed by atoms with van der Waals surface area (Å²) in [4.78, 5) is 28.1. The van der Waals surface area contributed by atoms with Crippen molar-refractivity contribution in [3.8, 4) is 89.8 Å². The molecule has 0 aliphatic carbocycles. The third-order valence-electron chi connectivity index (χ3n) is 27.6. The number of fused-ring (bicyclic) bond motifs is 3. The zero-order chi connectivity index (χ0) is 111. The van der Waals surface area contributed by atoms with Crippen LogP contribution in [0.1, 0.15) is 156 Å². The molecule has 0 aliphatic rings. The van der Waals surface area contributed by atoms with Crippen molar-refractivity contribution in [2.45, 2.75) is 250 Å². The second-order valence-corrected chi connectivity index (χ2v) is 89.9. The summed E-state index contributed by atoms with van der Waals surface area (Å²) >= 11 is -6.56. The smallest absolute Gasteiger partial charge is 0 e. The van der Waals surface area contributed by atoms with Crippen LogP contribution < -0.4 is 28.7 Å². The van der Waals surface area contributed by atoms with Crippen molar-refractivity contribution in [3.63, 3.8) is 0 Å². The topological polar surface area (TPSA) is 90.5 Å². The molecular weight excluding hydrogens is 2500 g/mol. The zero-order valence-corrected chi connectivity index (χ0v) is 106. The van der Waals surface area contributed by atoms with Crippen LogP contribution in [-0.4, -0.2) is 93.9 Å². The van der Waals surface area contributed by atoms with E-state index in [4.69, 9.17) is 25.9 Å². The Kier molecular flexibility index (Phi) is 40.6. The summed E-state index contributed by atoms with van der Waals surface area (Å²) in [5, 5.41) is 17.6. The number of hydrogen-bond acceptors (Lipinski definition) is 7. The van der Waals surface area contributed by atoms with Gasteiger partial charge in [0.15, 0.2) is 0 Å². The Morgan fingerprint density at radius 3 is 0.958 bits per heavy atom. The average Bonchev–Trinajstić information content (AvgIpc) is 1.46. The number of benzene rings is 9. The molecule has 757 valence electrons. The van der Waals surface area contributed by atoms with Crippen molar-refractivity contribution in [1.82, 2.24) is 29.9 Å². The van der Waals surface area contributed by atoms with E-state index in [1.807, 2.05) is 79.5 Å². The van der Waals surface area contributed by atoms with Gasteiger partial charge in [0.1, 0.15) is 5.58 Å². The fourth-order valence-corrected chi connectivity index (χ4v) is 46.7. The van der Waals surface area contributed by atoms with E-state index in [9.17, 15) is 0 Å². The summed E-state index contributed by atoms with van der Waals surface area (Å²) in [7, 11) is -4.01. The third-order valence-corrected chi connectivity index (χ3v) is 69.3. The minimum Gasteiger partial charge on any atom is 0 e. The Balaban J connectivity index is 0.000000225. The Bertz CT molecular complexity index is 7000. The van der Waals surface area contributed by atoms with E-state index in [2.05, 4.69) is 378 Å². The van der Waals surface area contributed by atoms with Crippen LogP contribution in [0, 0.1) is 60.1 Å². The Morgan fingerprint density at radius 1 is 0.294 bits per heavy atom. The molecule has 7 heterocycles. The maximum atomic E-state index is 8.22. The zero-order valence-electron chi connectivity index (χ0n) is 101. The maximum Gasteiger partial charge on any atom is 0 e. The maximum absolute atomic E-state index is 8.22. The minimum atomic E-state index is -2.19. The Labute approximate surface area is 930 Å². The SMILES string of the molecule is CC(C)Cc1cc(-c2[c-]ccc(-c3ccccc3)c2)ncc1[Si](C)(C)C.C[Si](C)(C)c1ccc(-c2[c-]cc3oc4ccccc4c3c2)nc1.C[Si](C)(C)c1ccc(-c2[c-]ccc(-c3ccccc3)c2)nc1.[2H]c1[c-]c(-c2cc(CC(C)C)[c]([Ge]([CH2]C)([CH2]C)[CH2]C)cn2)c([2H])c([2H])c1[2H].[2H]c1[c-]c(-c2cc(CC(C)C)[c]([Ge]([CH2]C)([CH2]C)[CH2]C)cn2)c([2H])c([2H])c1[2H].[2H]c1[c-]c(-c2cc(CC(C)C)[c]([Ge]([CH2]C)([CH2]C)[CH2]C)cn2)c([2H])c([2H])c1[2H].[Ir].[Ir].[Ir]. The van der Waals surface area contributed by atoms with Crippen LogP contribution in [0.5, 0.6) is 0 Å². The molecule has 0 saturated heterocycles. The van der Waals surface area contributed by atoms with Gasteiger partial charge in [0.05, 0.1) is 29.8 Å². The second-order valence-electron chi connectivity index (χ2n) is 41.9. The van der Waals surface area contributed by atoms with E-state index in [0.717, 1.165) is 81.4 Å². The van der Waals surface area contributed by atoms with E-state index in [-0.39, 0.29) is 133 Å². The molecule has 0 saturated carbocycles. The van der Waals surface area contributed by atoms with Gasteiger partial charge >= 0.3 is 450 Å². The van der Waals surface area contributed by atoms with Crippen molar-refractivity contribution in [2.75, 3.05) is 0 Å². The van der Waals surface area contributed by atoms with Gasteiger partial charge in [-0.05, 0) is 62.2 Å². The summed E-state index contributed by atoms with van der Waals surface area (Å²) in [5.74, 6) is 2.18. The summed E-state index contributed by atoms with van der Waals surface area (Å²) < 4.78 is 106. The monoisotopic (exact) mass is 2680 g/mol. The van der Waals surface area contributed by atoms with E-state index in [1.165, 1.54) is 121 Å². The first-order valence-corrected chi connectivity index (χ1v) is 77.9. The Hall–Kier alpha value is -8.09. The van der Waals surface area contributed by atoms with Crippen molar-refractivity contribution < 1.29 is 81.2 Å². The molecule has 16 rings (SSSR count). The van der Waals surface area contributed by atoms with Crippen molar-refractivity contribution in [2.24, 2.45) is 23.7 Å². The van der Waals surface area contributed by atoms with E-state index >= 15 is 0 Å². The molecular formula is C127H156Ge3Ir3N6OSi3-6. The van der Waals surface area contributed by atoms with Gasteiger partial charge in [0.25, 0.3) is 0 Å². The number of para-hydroxylation sites is 1. The van der Waals surface area contributed by atoms with Crippen LogP contribution in [0.15, 0.2) is 296 Å². The summed E-state index contributed by atoms with van der Waals surface area (Å²) in [6, 6.07) is 79.1. The fourth-order valence-electron chi connectivity index (χ4n) is 18.8. The first-order chi connectivity index (χ1) is 72.0. The summed E-state index contributed by atoms with van der Waals surface area (Å²) in [6.07, 6.45) is 16.2. The van der Waals surface area contributed by atoms with E-state index in [1.54, 1.807) is 0 Å². The van der Waals surface area contributed by atoms with Crippen LogP contribution in [-0.2, 0) is 86.0 Å². The van der Waals surface area contributed by atoms with Crippen molar-refractivity contribution in [3.05, 3.63) is 350 Å². The van der Waals surface area contributed by atoms with Gasteiger partial charge in [-0.15, -0.1) is 94.5 Å². The normalized spacial score (nSPS) is 12.8. The quantitative estimate of drug-likeness (QED) is 0.0316. The molecule has 0 unspecified atom stereocenters. The largest absolute Gasteiger partial charge is 0 e. The van der Waals surface area contributed by atoms with Crippen LogP contribution in [0.4, 0.5) is 0 Å². The number of pyridine rings is 6. The third kappa shape index (κ3) is 32.7. The van der Waals surface area contributed by atoms with Gasteiger partial charge < -0.3 is 19.4 Å². The predicted molar refractivity (Wildman–Crippen MR) is 623 cm³/mol. The molecule has 0 amide bonds. The van der Waals surface area contributed by atoms with Gasteiger partial charge in [0.2, 0.25) is 0 Å². The molecule has 0 aliphatic heterocycles.